The van der Waals surface area contributed by atoms with E-state index < -0.39 is 0 Å². The van der Waals surface area contributed by atoms with Gasteiger partial charge in [0.2, 0.25) is 0 Å². The third-order valence-corrected chi connectivity index (χ3v) is 3.52. The van der Waals surface area contributed by atoms with Crippen molar-refractivity contribution in [2.24, 2.45) is 5.10 Å². The Hall–Kier alpha value is -2.61. The Kier molecular flexibility index (Phi) is 3.97. The van der Waals surface area contributed by atoms with Gasteiger partial charge in [0.05, 0.1) is 11.9 Å². The molecule has 1 aliphatic carbocycles. The van der Waals surface area contributed by atoms with Crippen LogP contribution in [0.15, 0.2) is 77.4 Å². The summed E-state index contributed by atoms with van der Waals surface area (Å²) in [7, 11) is 0. The summed E-state index contributed by atoms with van der Waals surface area (Å²) in [5.74, 6) is 0. The van der Waals surface area contributed by atoms with E-state index in [0.29, 0.717) is 0 Å². The summed E-state index contributed by atoms with van der Waals surface area (Å²) >= 11 is 0. The largest absolute Gasteiger partial charge is 0.279 e. The number of benzene rings is 2. The molecule has 0 heterocycles. The summed E-state index contributed by atoms with van der Waals surface area (Å²) in [6, 6.07) is 18.3. The fraction of sp³-hybridized carbons (Fsp3) is 0.105. The Morgan fingerprint density at radius 1 is 1.00 bits per heavy atom. The molecule has 0 saturated heterocycles. The van der Waals surface area contributed by atoms with Crippen molar-refractivity contribution < 1.29 is 0 Å². The predicted molar refractivity (Wildman–Crippen MR) is 90.5 cm³/mol. The lowest BCUT2D eigenvalue weighted by atomic mass is 9.99. The van der Waals surface area contributed by atoms with Gasteiger partial charge in [0, 0.05) is 5.56 Å². The zero-order valence-corrected chi connectivity index (χ0v) is 12.1. The van der Waals surface area contributed by atoms with E-state index >= 15 is 0 Å². The van der Waals surface area contributed by atoms with Gasteiger partial charge in [-0.3, -0.25) is 5.43 Å². The van der Waals surface area contributed by atoms with Gasteiger partial charge in [-0.2, -0.15) is 5.10 Å². The van der Waals surface area contributed by atoms with Gasteiger partial charge in [-0.15, -0.1) is 0 Å². The van der Waals surface area contributed by atoms with E-state index in [2.05, 4.69) is 47.8 Å². The Labute approximate surface area is 125 Å². The van der Waals surface area contributed by atoms with Crippen molar-refractivity contribution in [1.29, 1.82) is 0 Å². The second-order valence-corrected chi connectivity index (χ2v) is 5.15. The standard InChI is InChI=1S/C19H18N2/c1-15-11-12-16(13-15)19-10-6-5-7-17(19)14-20-21-18-8-3-2-4-9-18/h2-11,13-14,21H,12H2,1H3. The molecule has 0 aromatic heterocycles. The predicted octanol–water partition coefficient (Wildman–Crippen LogP) is 4.87. The van der Waals surface area contributed by atoms with Crippen LogP contribution in [0.3, 0.4) is 0 Å². The number of allylic oxidation sites excluding steroid dienone is 4. The van der Waals surface area contributed by atoms with Crippen LogP contribution >= 0.6 is 0 Å². The van der Waals surface area contributed by atoms with Crippen molar-refractivity contribution >= 4 is 17.5 Å². The van der Waals surface area contributed by atoms with Crippen molar-refractivity contribution in [3.63, 3.8) is 0 Å². The molecule has 0 bridgehead atoms. The minimum absolute atomic E-state index is 0.990. The third kappa shape index (κ3) is 3.29. The molecule has 104 valence electrons. The number of hydrogen-bond acceptors (Lipinski definition) is 2. The van der Waals surface area contributed by atoms with Crippen molar-refractivity contribution in [3.8, 4) is 0 Å². The van der Waals surface area contributed by atoms with E-state index in [-0.39, 0.29) is 0 Å². The summed E-state index contributed by atoms with van der Waals surface area (Å²) < 4.78 is 0. The number of hydrogen-bond donors (Lipinski definition) is 1. The highest BCUT2D eigenvalue weighted by Gasteiger charge is 2.09. The normalized spacial score (nSPS) is 14.1. The first kappa shape index (κ1) is 13.4. The molecule has 0 fully saturated rings. The average Bonchev–Trinajstić information content (AvgIpc) is 2.95. The van der Waals surface area contributed by atoms with Crippen molar-refractivity contribution in [1.82, 2.24) is 0 Å². The summed E-state index contributed by atoms with van der Waals surface area (Å²) in [5.41, 5.74) is 9.12. The van der Waals surface area contributed by atoms with Crippen LogP contribution in [-0.2, 0) is 0 Å². The summed E-state index contributed by atoms with van der Waals surface area (Å²) in [6.45, 7) is 2.14. The van der Waals surface area contributed by atoms with Gasteiger partial charge in [-0.1, -0.05) is 60.2 Å². The van der Waals surface area contributed by atoms with Crippen molar-refractivity contribution in [3.05, 3.63) is 83.4 Å². The van der Waals surface area contributed by atoms with Crippen LogP contribution in [0, 0.1) is 0 Å². The van der Waals surface area contributed by atoms with Gasteiger partial charge in [0.25, 0.3) is 0 Å². The molecule has 0 atom stereocenters. The molecule has 0 amide bonds. The van der Waals surface area contributed by atoms with Gasteiger partial charge in [0.15, 0.2) is 0 Å². The molecule has 0 aliphatic heterocycles. The van der Waals surface area contributed by atoms with Crippen LogP contribution in [-0.4, -0.2) is 6.21 Å². The first-order valence-corrected chi connectivity index (χ1v) is 7.14. The van der Waals surface area contributed by atoms with Gasteiger partial charge in [0.1, 0.15) is 0 Å². The molecular formula is C19H18N2. The Balaban J connectivity index is 1.78. The zero-order chi connectivity index (χ0) is 14.5. The molecule has 0 unspecified atom stereocenters. The van der Waals surface area contributed by atoms with Crippen LogP contribution < -0.4 is 5.43 Å². The molecule has 21 heavy (non-hydrogen) atoms. The number of rotatable bonds is 4. The average molecular weight is 274 g/mol. The Morgan fingerprint density at radius 2 is 1.76 bits per heavy atom. The highest BCUT2D eigenvalue weighted by Crippen LogP contribution is 2.28. The van der Waals surface area contributed by atoms with E-state index in [4.69, 9.17) is 0 Å². The number of nitrogens with zero attached hydrogens (tertiary/aromatic N) is 1. The van der Waals surface area contributed by atoms with Gasteiger partial charge in [-0.05, 0) is 36.6 Å². The molecule has 0 radical (unpaired) electrons. The van der Waals surface area contributed by atoms with Crippen LogP contribution in [0.1, 0.15) is 24.5 Å². The maximum Gasteiger partial charge on any atom is 0.0561 e. The van der Waals surface area contributed by atoms with Crippen LogP contribution in [0.25, 0.3) is 5.57 Å². The molecular weight excluding hydrogens is 256 g/mol. The molecule has 1 aliphatic rings. The highest BCUT2D eigenvalue weighted by atomic mass is 15.3. The lowest BCUT2D eigenvalue weighted by Crippen LogP contribution is -1.94. The van der Waals surface area contributed by atoms with Gasteiger partial charge in [-0.25, -0.2) is 0 Å². The minimum atomic E-state index is 0.990. The number of para-hydroxylation sites is 1. The van der Waals surface area contributed by atoms with Crippen molar-refractivity contribution in [2.75, 3.05) is 5.43 Å². The molecule has 3 rings (SSSR count). The molecule has 2 nitrogen and oxygen atoms in total. The fourth-order valence-electron chi connectivity index (χ4n) is 2.44. The van der Waals surface area contributed by atoms with Crippen LogP contribution in [0.5, 0.6) is 0 Å². The van der Waals surface area contributed by atoms with E-state index in [1.807, 2.05) is 42.6 Å². The molecule has 2 heteroatoms. The van der Waals surface area contributed by atoms with Crippen LogP contribution in [0.2, 0.25) is 0 Å². The Bertz CT molecular complexity index is 709. The summed E-state index contributed by atoms with van der Waals surface area (Å²) in [6.07, 6.45) is 7.39. The number of anilines is 1. The fourth-order valence-corrected chi connectivity index (χ4v) is 2.44. The molecule has 0 saturated carbocycles. The van der Waals surface area contributed by atoms with Crippen molar-refractivity contribution in [2.45, 2.75) is 13.3 Å². The lowest BCUT2D eigenvalue weighted by Gasteiger charge is -2.06. The Morgan fingerprint density at radius 3 is 2.52 bits per heavy atom. The summed E-state index contributed by atoms with van der Waals surface area (Å²) in [4.78, 5) is 0. The van der Waals surface area contributed by atoms with Gasteiger partial charge < -0.3 is 0 Å². The topological polar surface area (TPSA) is 24.4 Å². The smallest absolute Gasteiger partial charge is 0.0561 e. The van der Waals surface area contributed by atoms with E-state index in [0.717, 1.165) is 17.7 Å². The maximum absolute atomic E-state index is 4.34. The second-order valence-electron chi connectivity index (χ2n) is 5.15. The number of hydrazone groups is 1. The van der Waals surface area contributed by atoms with Gasteiger partial charge >= 0.3 is 0 Å². The third-order valence-electron chi connectivity index (χ3n) is 3.52. The lowest BCUT2D eigenvalue weighted by molar-refractivity contribution is 1.34. The van der Waals surface area contributed by atoms with E-state index in [1.54, 1.807) is 0 Å². The molecule has 0 spiro atoms. The van der Waals surface area contributed by atoms with E-state index in [9.17, 15) is 0 Å². The molecule has 1 N–H and O–H groups in total. The van der Waals surface area contributed by atoms with Crippen LogP contribution in [0.4, 0.5) is 5.69 Å². The first-order valence-electron chi connectivity index (χ1n) is 7.14. The maximum atomic E-state index is 4.34. The highest BCUT2D eigenvalue weighted by molar-refractivity contribution is 5.90. The molecule has 2 aromatic carbocycles. The second kappa shape index (κ2) is 6.23. The summed E-state index contributed by atoms with van der Waals surface area (Å²) in [5, 5.41) is 4.34. The minimum Gasteiger partial charge on any atom is -0.279 e. The monoisotopic (exact) mass is 274 g/mol. The van der Waals surface area contributed by atoms with E-state index in [1.165, 1.54) is 16.7 Å². The molecule has 2 aromatic rings. The SMILES string of the molecule is CC1=CCC(c2ccccc2C=NNc2ccccc2)=C1. The first-order chi connectivity index (χ1) is 10.3. The quantitative estimate of drug-likeness (QED) is 0.624. The zero-order valence-electron chi connectivity index (χ0n) is 12.1. The number of nitrogens with one attached hydrogen (secondary N) is 1.